The van der Waals surface area contributed by atoms with Gasteiger partial charge >= 0.3 is 0 Å². The molecule has 0 saturated carbocycles. The summed E-state index contributed by atoms with van der Waals surface area (Å²) < 4.78 is 14.1. The SMILES string of the molecule is CCC(O)c1ncc(Br)c(C)c1F. The summed E-state index contributed by atoms with van der Waals surface area (Å²) in [5.41, 5.74) is 0.612. The number of aliphatic hydroxyl groups excluding tert-OH is 1. The van der Waals surface area contributed by atoms with Gasteiger partial charge in [0.15, 0.2) is 5.82 Å². The third kappa shape index (κ3) is 2.06. The van der Waals surface area contributed by atoms with Gasteiger partial charge in [0.2, 0.25) is 0 Å². The Morgan fingerprint density at radius 1 is 1.69 bits per heavy atom. The molecule has 0 radical (unpaired) electrons. The number of hydrogen-bond acceptors (Lipinski definition) is 2. The van der Waals surface area contributed by atoms with E-state index in [0.29, 0.717) is 16.5 Å². The van der Waals surface area contributed by atoms with Gasteiger partial charge in [0.1, 0.15) is 5.69 Å². The molecule has 4 heteroatoms. The van der Waals surface area contributed by atoms with Crippen LogP contribution in [0.15, 0.2) is 10.7 Å². The topological polar surface area (TPSA) is 33.1 Å². The summed E-state index contributed by atoms with van der Waals surface area (Å²) in [5.74, 6) is -0.427. The first kappa shape index (κ1) is 10.6. The molecule has 1 heterocycles. The van der Waals surface area contributed by atoms with Crippen LogP contribution in [0, 0.1) is 12.7 Å². The molecule has 0 aromatic carbocycles. The summed E-state index contributed by atoms with van der Waals surface area (Å²) in [5, 5.41) is 9.41. The molecule has 0 saturated heterocycles. The lowest BCUT2D eigenvalue weighted by Gasteiger charge is -2.10. The normalized spacial score (nSPS) is 13.0. The largest absolute Gasteiger partial charge is 0.387 e. The van der Waals surface area contributed by atoms with Gasteiger partial charge in [-0.25, -0.2) is 4.39 Å². The first-order valence-corrected chi connectivity index (χ1v) is 4.85. The van der Waals surface area contributed by atoms with Gasteiger partial charge in [0.25, 0.3) is 0 Å². The maximum atomic E-state index is 13.4. The first-order chi connectivity index (χ1) is 6.07. The van der Waals surface area contributed by atoms with Gasteiger partial charge in [-0.05, 0) is 29.3 Å². The fourth-order valence-corrected chi connectivity index (χ4v) is 1.28. The summed E-state index contributed by atoms with van der Waals surface area (Å²) in [4.78, 5) is 3.84. The molecule has 1 unspecified atom stereocenters. The molecule has 0 bridgehead atoms. The molecule has 1 aromatic heterocycles. The van der Waals surface area contributed by atoms with Gasteiger partial charge in [-0.15, -0.1) is 0 Å². The van der Waals surface area contributed by atoms with Crippen molar-refractivity contribution in [3.8, 4) is 0 Å². The zero-order valence-corrected chi connectivity index (χ0v) is 9.10. The van der Waals surface area contributed by atoms with Gasteiger partial charge in [0, 0.05) is 16.2 Å². The fourth-order valence-electron chi connectivity index (χ4n) is 1.00. The summed E-state index contributed by atoms with van der Waals surface area (Å²) >= 11 is 3.17. The third-order valence-electron chi connectivity index (χ3n) is 1.93. The van der Waals surface area contributed by atoms with Crippen molar-refractivity contribution in [2.75, 3.05) is 0 Å². The van der Waals surface area contributed by atoms with Crippen molar-refractivity contribution < 1.29 is 9.50 Å². The molecule has 1 N–H and O–H groups in total. The van der Waals surface area contributed by atoms with Crippen molar-refractivity contribution in [3.05, 3.63) is 27.7 Å². The van der Waals surface area contributed by atoms with Crippen molar-refractivity contribution >= 4 is 15.9 Å². The number of halogens is 2. The second-order valence-corrected chi connectivity index (χ2v) is 3.71. The number of hydrogen-bond donors (Lipinski definition) is 1. The van der Waals surface area contributed by atoms with Gasteiger partial charge < -0.3 is 5.11 Å². The molecule has 13 heavy (non-hydrogen) atoms. The molecule has 1 rings (SSSR count). The molecule has 2 nitrogen and oxygen atoms in total. The minimum atomic E-state index is -0.813. The fraction of sp³-hybridized carbons (Fsp3) is 0.444. The van der Waals surface area contributed by atoms with Crippen LogP contribution in [-0.2, 0) is 0 Å². The molecule has 1 atom stereocenters. The lowest BCUT2D eigenvalue weighted by molar-refractivity contribution is 0.163. The van der Waals surface area contributed by atoms with E-state index >= 15 is 0 Å². The summed E-state index contributed by atoms with van der Waals surface area (Å²) in [7, 11) is 0. The molecule has 0 aliphatic rings. The molecule has 1 aromatic rings. The Kier molecular flexibility index (Phi) is 3.39. The van der Waals surface area contributed by atoms with Gasteiger partial charge in [0.05, 0.1) is 6.10 Å². The second-order valence-electron chi connectivity index (χ2n) is 2.85. The first-order valence-electron chi connectivity index (χ1n) is 4.06. The Bertz CT molecular complexity index is 317. The Morgan fingerprint density at radius 2 is 2.31 bits per heavy atom. The van der Waals surface area contributed by atoms with Crippen molar-refractivity contribution in [3.63, 3.8) is 0 Å². The van der Waals surface area contributed by atoms with E-state index in [1.807, 2.05) is 0 Å². The van der Waals surface area contributed by atoms with E-state index in [-0.39, 0.29) is 5.69 Å². The van der Waals surface area contributed by atoms with Crippen LogP contribution in [0.5, 0.6) is 0 Å². The van der Waals surface area contributed by atoms with E-state index in [9.17, 15) is 9.50 Å². The number of aliphatic hydroxyl groups is 1. The van der Waals surface area contributed by atoms with Gasteiger partial charge in [-0.2, -0.15) is 0 Å². The zero-order chi connectivity index (χ0) is 10.0. The molecule has 0 fully saturated rings. The predicted molar refractivity (Wildman–Crippen MR) is 51.9 cm³/mol. The quantitative estimate of drug-likeness (QED) is 0.872. The van der Waals surface area contributed by atoms with E-state index in [2.05, 4.69) is 20.9 Å². The second kappa shape index (κ2) is 4.15. The summed E-state index contributed by atoms with van der Waals surface area (Å²) in [6.07, 6.45) is 1.16. The highest BCUT2D eigenvalue weighted by Gasteiger charge is 2.15. The highest BCUT2D eigenvalue weighted by atomic mass is 79.9. The molecule has 72 valence electrons. The van der Waals surface area contributed by atoms with E-state index in [4.69, 9.17) is 0 Å². The predicted octanol–water partition coefficient (Wildman–Crippen LogP) is 2.74. The van der Waals surface area contributed by atoms with Crippen LogP contribution in [-0.4, -0.2) is 10.1 Å². The van der Waals surface area contributed by atoms with Crippen LogP contribution in [0.3, 0.4) is 0 Å². The van der Waals surface area contributed by atoms with E-state index in [0.717, 1.165) is 0 Å². The molecule has 0 aliphatic carbocycles. The number of rotatable bonds is 2. The lowest BCUT2D eigenvalue weighted by Crippen LogP contribution is -2.04. The Labute approximate surface area is 84.9 Å². The van der Waals surface area contributed by atoms with Crippen LogP contribution in [0.1, 0.15) is 30.7 Å². The number of pyridine rings is 1. The maximum Gasteiger partial charge on any atom is 0.151 e. The van der Waals surface area contributed by atoms with E-state index in [1.54, 1.807) is 13.8 Å². The highest BCUT2D eigenvalue weighted by Crippen LogP contribution is 2.24. The minimum Gasteiger partial charge on any atom is -0.387 e. The molecule has 0 spiro atoms. The number of aromatic nitrogens is 1. The number of nitrogens with zero attached hydrogens (tertiary/aromatic N) is 1. The Hall–Kier alpha value is -0.480. The van der Waals surface area contributed by atoms with E-state index in [1.165, 1.54) is 6.20 Å². The lowest BCUT2D eigenvalue weighted by atomic mass is 10.1. The smallest absolute Gasteiger partial charge is 0.151 e. The average Bonchev–Trinajstić information content (AvgIpc) is 2.13. The summed E-state index contributed by atoms with van der Waals surface area (Å²) in [6.45, 7) is 3.43. The van der Waals surface area contributed by atoms with Crippen molar-refractivity contribution in [1.29, 1.82) is 0 Å². The van der Waals surface area contributed by atoms with E-state index < -0.39 is 11.9 Å². The highest BCUT2D eigenvalue weighted by molar-refractivity contribution is 9.10. The van der Waals surface area contributed by atoms with Crippen molar-refractivity contribution in [1.82, 2.24) is 4.98 Å². The van der Waals surface area contributed by atoms with Crippen molar-refractivity contribution in [2.45, 2.75) is 26.4 Å². The van der Waals surface area contributed by atoms with Crippen LogP contribution < -0.4 is 0 Å². The van der Waals surface area contributed by atoms with Crippen LogP contribution in [0.4, 0.5) is 4.39 Å². The molecular weight excluding hydrogens is 237 g/mol. The van der Waals surface area contributed by atoms with Gasteiger partial charge in [-0.3, -0.25) is 4.98 Å². The van der Waals surface area contributed by atoms with Crippen molar-refractivity contribution in [2.24, 2.45) is 0 Å². The van der Waals surface area contributed by atoms with Gasteiger partial charge in [-0.1, -0.05) is 6.92 Å². The summed E-state index contributed by atoms with van der Waals surface area (Å²) in [6, 6.07) is 0. The van der Waals surface area contributed by atoms with Crippen LogP contribution in [0.25, 0.3) is 0 Å². The Morgan fingerprint density at radius 3 is 2.85 bits per heavy atom. The third-order valence-corrected chi connectivity index (χ3v) is 2.73. The molecule has 0 aliphatic heterocycles. The average molecular weight is 248 g/mol. The standard InChI is InChI=1S/C9H11BrFNO/c1-3-7(13)9-8(11)5(2)6(10)4-12-9/h4,7,13H,3H2,1-2H3. The monoisotopic (exact) mass is 247 g/mol. The Balaban J connectivity index is 3.18. The van der Waals surface area contributed by atoms with Crippen LogP contribution >= 0.6 is 15.9 Å². The van der Waals surface area contributed by atoms with Crippen LogP contribution in [0.2, 0.25) is 0 Å². The zero-order valence-electron chi connectivity index (χ0n) is 7.51. The minimum absolute atomic E-state index is 0.128. The molecule has 0 amide bonds. The maximum absolute atomic E-state index is 13.4. The molecular formula is C9H11BrFNO.